The van der Waals surface area contributed by atoms with Gasteiger partial charge in [-0.15, -0.1) is 0 Å². The first kappa shape index (κ1) is 21.3. The van der Waals surface area contributed by atoms with E-state index in [2.05, 4.69) is 25.6 Å². The van der Waals surface area contributed by atoms with Gasteiger partial charge in [0.25, 0.3) is 5.56 Å². The summed E-state index contributed by atoms with van der Waals surface area (Å²) in [6.45, 7) is 2.86. The molecule has 164 valence electrons. The Balaban J connectivity index is 1.72. The van der Waals surface area contributed by atoms with Gasteiger partial charge in [-0.25, -0.2) is 14.1 Å². The fraction of sp³-hybridized carbons (Fsp3) is 0.333. The summed E-state index contributed by atoms with van der Waals surface area (Å²) in [6.07, 6.45) is 0.265. The molecule has 0 atom stereocenters. The van der Waals surface area contributed by atoms with Crippen LogP contribution in [0.3, 0.4) is 0 Å². The maximum Gasteiger partial charge on any atom is 0.281 e. The predicted molar refractivity (Wildman–Crippen MR) is 120 cm³/mol. The number of rotatable bonds is 5. The number of benzene rings is 1. The van der Waals surface area contributed by atoms with E-state index in [4.69, 9.17) is 34.7 Å². The van der Waals surface area contributed by atoms with E-state index in [0.717, 1.165) is 0 Å². The smallest absolute Gasteiger partial charge is 0.281 e. The third-order valence-electron chi connectivity index (χ3n) is 4.88. The molecule has 6 N–H and O–H groups in total. The highest BCUT2D eigenvalue weighted by molar-refractivity contribution is 6.35. The molecule has 4 rings (SSSR count). The summed E-state index contributed by atoms with van der Waals surface area (Å²) in [5.41, 5.74) is 10.9. The minimum absolute atomic E-state index is 0.0253. The molecule has 3 heterocycles. The zero-order valence-corrected chi connectivity index (χ0v) is 17.8. The Hall–Kier alpha value is -2.89. The first-order valence-corrected chi connectivity index (χ1v) is 10.3. The number of nitrogens with one attached hydrogen (secondary N) is 2. The topological polar surface area (TPSA) is 140 Å². The minimum atomic E-state index is -0.613. The number of nitrogens with zero attached hydrogens (tertiary/aromatic N) is 5. The Kier molecular flexibility index (Phi) is 5.99. The molecule has 0 amide bonds. The molecule has 0 bridgehead atoms. The monoisotopic (exact) mass is 467 g/mol. The zero-order chi connectivity index (χ0) is 22.1. The van der Waals surface area contributed by atoms with Crippen molar-refractivity contribution in [2.75, 3.05) is 54.5 Å². The second kappa shape index (κ2) is 8.69. The number of aromatic nitrogens is 4. The number of nitrogens with two attached hydrogens (primary N) is 2. The molecule has 31 heavy (non-hydrogen) atoms. The number of piperazine rings is 1. The second-order valence-electron chi connectivity index (χ2n) is 6.91. The highest BCUT2D eigenvalue weighted by atomic mass is 35.5. The van der Waals surface area contributed by atoms with Gasteiger partial charge in [-0.05, 0) is 12.1 Å². The minimum Gasteiger partial charge on any atom is -0.382 e. The predicted octanol–water partition coefficient (Wildman–Crippen LogP) is 0.993. The van der Waals surface area contributed by atoms with Crippen LogP contribution in [0.15, 0.2) is 16.9 Å². The van der Waals surface area contributed by atoms with Crippen LogP contribution in [0.25, 0.3) is 10.9 Å². The lowest BCUT2D eigenvalue weighted by Crippen LogP contribution is -2.54. The summed E-state index contributed by atoms with van der Waals surface area (Å²) in [6, 6.07) is 2.55. The number of fused-ring (bicyclic) bond motifs is 1. The Morgan fingerprint density at radius 3 is 2.65 bits per heavy atom. The van der Waals surface area contributed by atoms with Gasteiger partial charge in [0, 0.05) is 39.1 Å². The second-order valence-corrected chi connectivity index (χ2v) is 7.69. The fourth-order valence-electron chi connectivity index (χ4n) is 3.45. The molecule has 0 aliphatic carbocycles. The van der Waals surface area contributed by atoms with Crippen molar-refractivity contribution < 1.29 is 4.39 Å². The van der Waals surface area contributed by atoms with Gasteiger partial charge in [-0.1, -0.05) is 23.2 Å². The lowest BCUT2D eigenvalue weighted by atomic mass is 10.2. The van der Waals surface area contributed by atoms with Crippen molar-refractivity contribution in [2.45, 2.75) is 6.42 Å². The maximum atomic E-state index is 14.5. The number of nitrogen functional groups attached to an aromatic ring is 2. The highest BCUT2D eigenvalue weighted by Gasteiger charge is 2.21. The average Bonchev–Trinajstić information content (AvgIpc) is 2.74. The van der Waals surface area contributed by atoms with E-state index >= 15 is 0 Å². The van der Waals surface area contributed by atoms with Crippen LogP contribution in [0, 0.1) is 5.82 Å². The quantitative estimate of drug-likeness (QED) is 0.432. The van der Waals surface area contributed by atoms with Crippen LogP contribution in [-0.2, 0) is 6.42 Å². The van der Waals surface area contributed by atoms with Gasteiger partial charge in [0.1, 0.15) is 28.0 Å². The third kappa shape index (κ3) is 4.16. The van der Waals surface area contributed by atoms with Crippen molar-refractivity contribution in [3.63, 3.8) is 0 Å². The molecule has 0 radical (unpaired) electrons. The summed E-state index contributed by atoms with van der Waals surface area (Å²) in [7, 11) is 0. The van der Waals surface area contributed by atoms with Gasteiger partial charge < -0.3 is 27.1 Å². The van der Waals surface area contributed by atoms with Gasteiger partial charge in [0.2, 0.25) is 5.95 Å². The van der Waals surface area contributed by atoms with Crippen molar-refractivity contribution in [3.05, 3.63) is 44.2 Å². The van der Waals surface area contributed by atoms with Crippen LogP contribution >= 0.6 is 23.2 Å². The lowest BCUT2D eigenvalue weighted by Gasteiger charge is -2.32. The van der Waals surface area contributed by atoms with E-state index in [9.17, 15) is 9.18 Å². The van der Waals surface area contributed by atoms with Gasteiger partial charge in [0.15, 0.2) is 5.82 Å². The van der Waals surface area contributed by atoms with E-state index < -0.39 is 11.4 Å². The van der Waals surface area contributed by atoms with Crippen molar-refractivity contribution in [2.24, 2.45) is 0 Å². The molecule has 3 aromatic rings. The van der Waals surface area contributed by atoms with Crippen molar-refractivity contribution in [1.29, 1.82) is 0 Å². The Morgan fingerprint density at radius 2 is 1.90 bits per heavy atom. The van der Waals surface area contributed by atoms with Crippen LogP contribution in [0.4, 0.5) is 22.0 Å². The summed E-state index contributed by atoms with van der Waals surface area (Å²) in [5.74, 6) is 0.0482. The van der Waals surface area contributed by atoms with Crippen LogP contribution in [0.1, 0.15) is 5.82 Å². The van der Waals surface area contributed by atoms with Crippen LogP contribution in [-0.4, -0.2) is 52.4 Å². The molecule has 1 saturated heterocycles. The lowest BCUT2D eigenvalue weighted by molar-refractivity contribution is 0.467. The molecule has 0 spiro atoms. The van der Waals surface area contributed by atoms with Crippen molar-refractivity contribution in [3.8, 4) is 0 Å². The molecule has 1 aromatic carbocycles. The van der Waals surface area contributed by atoms with Crippen molar-refractivity contribution in [1.82, 2.24) is 24.9 Å². The average molecular weight is 468 g/mol. The number of hydrogen-bond acceptors (Lipinski definition) is 9. The number of halogens is 3. The van der Waals surface area contributed by atoms with Crippen LogP contribution in [0.2, 0.25) is 10.0 Å². The standard InChI is InChI=1S/C18H20Cl2FN9O/c19-9-1-2-10(21)14-12(9)17(31)30(29-7-5-24-6-8-29)11(26-14)3-4-25-16-13(20)15(22)27-18(23)28-16/h1-2,24H,3-8H2,(H5,22,23,25,27,28). The fourth-order valence-corrected chi connectivity index (χ4v) is 3.84. The molecule has 1 aliphatic heterocycles. The van der Waals surface area contributed by atoms with Gasteiger partial charge in [-0.3, -0.25) is 4.79 Å². The normalized spacial score (nSPS) is 14.2. The first-order valence-electron chi connectivity index (χ1n) is 9.54. The Bertz CT molecular complexity index is 1200. The molecular weight excluding hydrogens is 448 g/mol. The SMILES string of the molecule is Nc1nc(N)c(Cl)c(NCCc2nc3c(F)ccc(Cl)c3c(=O)n2N2CCNCC2)n1. The van der Waals surface area contributed by atoms with E-state index in [1.807, 2.05) is 5.01 Å². The van der Waals surface area contributed by atoms with E-state index in [1.54, 1.807) is 0 Å². The first-order chi connectivity index (χ1) is 14.9. The summed E-state index contributed by atoms with van der Waals surface area (Å²) < 4.78 is 15.9. The van der Waals surface area contributed by atoms with Crippen molar-refractivity contribution >= 4 is 51.7 Å². The number of anilines is 3. The van der Waals surface area contributed by atoms with Crippen LogP contribution < -0.4 is 32.7 Å². The highest BCUT2D eigenvalue weighted by Crippen LogP contribution is 2.25. The van der Waals surface area contributed by atoms with Gasteiger partial charge in [0.05, 0.1) is 10.4 Å². The molecule has 10 nitrogen and oxygen atoms in total. The number of hydrogen-bond donors (Lipinski definition) is 4. The third-order valence-corrected chi connectivity index (χ3v) is 5.57. The zero-order valence-electron chi connectivity index (χ0n) is 16.3. The van der Waals surface area contributed by atoms with Crippen LogP contribution in [0.5, 0.6) is 0 Å². The maximum absolute atomic E-state index is 14.5. The molecule has 0 saturated carbocycles. The molecule has 0 unspecified atom stereocenters. The van der Waals surface area contributed by atoms with E-state index in [0.29, 0.717) is 32.0 Å². The largest absolute Gasteiger partial charge is 0.382 e. The van der Waals surface area contributed by atoms with E-state index in [-0.39, 0.29) is 51.5 Å². The Morgan fingerprint density at radius 1 is 1.16 bits per heavy atom. The summed E-state index contributed by atoms with van der Waals surface area (Å²) >= 11 is 12.3. The van der Waals surface area contributed by atoms with Gasteiger partial charge in [-0.2, -0.15) is 9.97 Å². The van der Waals surface area contributed by atoms with E-state index in [1.165, 1.54) is 16.8 Å². The molecular formula is C18H20Cl2FN9O. The molecule has 1 fully saturated rings. The molecule has 1 aliphatic rings. The van der Waals surface area contributed by atoms with Gasteiger partial charge >= 0.3 is 0 Å². The molecule has 13 heteroatoms. The summed E-state index contributed by atoms with van der Waals surface area (Å²) in [4.78, 5) is 25.6. The molecule has 2 aromatic heterocycles. The summed E-state index contributed by atoms with van der Waals surface area (Å²) in [5, 5.41) is 8.47. The Labute approximate surface area is 186 Å².